The molecule has 2 aliphatic heterocycles. The smallest absolute Gasteiger partial charge is 0.312 e. The van der Waals surface area contributed by atoms with Crippen molar-refractivity contribution in [3.8, 4) is 0 Å². The van der Waals surface area contributed by atoms with Crippen LogP contribution in [0.25, 0.3) is 0 Å². The van der Waals surface area contributed by atoms with E-state index in [1.54, 1.807) is 0 Å². The molecule has 2 heterocycles. The second-order valence-corrected chi connectivity index (χ2v) is 3.68. The van der Waals surface area contributed by atoms with Crippen LogP contribution in [0.4, 0.5) is 0 Å². The fraction of sp³-hybridized carbons (Fsp3) is 0.875. The molecule has 2 fully saturated rings. The summed E-state index contributed by atoms with van der Waals surface area (Å²) in [5.74, 6) is -0.648. The van der Waals surface area contributed by atoms with Gasteiger partial charge in [0.05, 0.1) is 5.41 Å². The topological polar surface area (TPSA) is 61.4 Å². The first kappa shape index (κ1) is 8.01. The van der Waals surface area contributed by atoms with Gasteiger partial charge in [0.1, 0.15) is 0 Å². The molecule has 2 saturated heterocycles. The van der Waals surface area contributed by atoms with Crippen LogP contribution in [-0.4, -0.2) is 36.8 Å². The third kappa shape index (κ3) is 0.949. The monoisotopic (exact) mass is 170 g/mol. The molecule has 0 aliphatic carbocycles. The number of rotatable bonds is 1. The van der Waals surface area contributed by atoms with Crippen molar-refractivity contribution < 1.29 is 9.90 Å². The lowest BCUT2D eigenvalue weighted by Crippen LogP contribution is -2.54. The highest BCUT2D eigenvalue weighted by Crippen LogP contribution is 2.34. The minimum atomic E-state index is -0.648. The fourth-order valence-electron chi connectivity index (χ4n) is 2.32. The normalized spacial score (nSPS) is 40.8. The molecule has 2 unspecified atom stereocenters. The van der Waals surface area contributed by atoms with Gasteiger partial charge in [0.2, 0.25) is 0 Å². The summed E-state index contributed by atoms with van der Waals surface area (Å²) in [6, 6.07) is 0.191. The van der Waals surface area contributed by atoms with Crippen molar-refractivity contribution in [1.82, 2.24) is 10.6 Å². The van der Waals surface area contributed by atoms with E-state index in [2.05, 4.69) is 10.6 Å². The second kappa shape index (κ2) is 2.71. The zero-order valence-corrected chi connectivity index (χ0v) is 6.97. The Morgan fingerprint density at radius 3 is 3.00 bits per heavy atom. The molecule has 0 aromatic heterocycles. The Hall–Kier alpha value is -0.610. The molecule has 0 aromatic rings. The maximum absolute atomic E-state index is 11.1. The third-order valence-electron chi connectivity index (χ3n) is 3.11. The zero-order valence-electron chi connectivity index (χ0n) is 6.97. The number of hydrogen-bond donors (Lipinski definition) is 3. The van der Waals surface area contributed by atoms with Gasteiger partial charge in [0.25, 0.3) is 0 Å². The molecule has 12 heavy (non-hydrogen) atoms. The fourth-order valence-corrected chi connectivity index (χ4v) is 2.32. The van der Waals surface area contributed by atoms with Crippen molar-refractivity contribution in [3.05, 3.63) is 0 Å². The molecule has 0 bridgehead atoms. The van der Waals surface area contributed by atoms with E-state index in [1.165, 1.54) is 0 Å². The maximum Gasteiger partial charge on any atom is 0.312 e. The van der Waals surface area contributed by atoms with Gasteiger partial charge in [-0.2, -0.15) is 0 Å². The van der Waals surface area contributed by atoms with Crippen LogP contribution in [0.15, 0.2) is 0 Å². The molecule has 0 radical (unpaired) electrons. The molecule has 0 spiro atoms. The van der Waals surface area contributed by atoms with Crippen molar-refractivity contribution in [2.45, 2.75) is 18.9 Å². The SMILES string of the molecule is O=C(O)C12CCNC1CCNC2. The van der Waals surface area contributed by atoms with Crippen LogP contribution in [-0.2, 0) is 4.79 Å². The number of aliphatic carboxylic acids is 1. The van der Waals surface area contributed by atoms with E-state index in [0.29, 0.717) is 6.54 Å². The van der Waals surface area contributed by atoms with Crippen LogP contribution in [0.3, 0.4) is 0 Å². The van der Waals surface area contributed by atoms with Crippen molar-refractivity contribution in [2.75, 3.05) is 19.6 Å². The number of carbonyl (C=O) groups is 1. The summed E-state index contributed by atoms with van der Waals surface area (Å²) in [6.45, 7) is 2.41. The molecular weight excluding hydrogens is 156 g/mol. The predicted molar refractivity (Wildman–Crippen MR) is 44.0 cm³/mol. The average Bonchev–Trinajstić information content (AvgIpc) is 2.48. The van der Waals surface area contributed by atoms with Gasteiger partial charge in [-0.1, -0.05) is 0 Å². The molecular formula is C8H14N2O2. The van der Waals surface area contributed by atoms with Gasteiger partial charge in [-0.15, -0.1) is 0 Å². The van der Waals surface area contributed by atoms with Crippen molar-refractivity contribution in [3.63, 3.8) is 0 Å². The Morgan fingerprint density at radius 2 is 2.33 bits per heavy atom. The molecule has 2 atom stereocenters. The summed E-state index contributed by atoms with van der Waals surface area (Å²) in [4.78, 5) is 11.1. The van der Waals surface area contributed by atoms with Crippen LogP contribution < -0.4 is 10.6 Å². The quantitative estimate of drug-likeness (QED) is 0.492. The maximum atomic E-state index is 11.1. The highest BCUT2D eigenvalue weighted by Gasteiger charge is 2.50. The van der Waals surface area contributed by atoms with Gasteiger partial charge in [-0.25, -0.2) is 0 Å². The molecule has 2 rings (SSSR count). The van der Waals surface area contributed by atoms with Crippen LogP contribution in [0, 0.1) is 5.41 Å². The largest absolute Gasteiger partial charge is 0.481 e. The average molecular weight is 170 g/mol. The number of fused-ring (bicyclic) bond motifs is 1. The lowest BCUT2D eigenvalue weighted by molar-refractivity contribution is -0.150. The molecule has 0 amide bonds. The van der Waals surface area contributed by atoms with E-state index in [-0.39, 0.29) is 6.04 Å². The van der Waals surface area contributed by atoms with E-state index in [0.717, 1.165) is 25.9 Å². The third-order valence-corrected chi connectivity index (χ3v) is 3.11. The lowest BCUT2D eigenvalue weighted by atomic mass is 9.77. The summed E-state index contributed by atoms with van der Waals surface area (Å²) in [6.07, 6.45) is 1.70. The van der Waals surface area contributed by atoms with Crippen LogP contribution in [0.5, 0.6) is 0 Å². The molecule has 4 heteroatoms. The van der Waals surface area contributed by atoms with E-state index >= 15 is 0 Å². The van der Waals surface area contributed by atoms with Gasteiger partial charge >= 0.3 is 5.97 Å². The number of hydrogen-bond acceptors (Lipinski definition) is 3. The Kier molecular flexibility index (Phi) is 1.81. The van der Waals surface area contributed by atoms with Gasteiger partial charge < -0.3 is 15.7 Å². The second-order valence-electron chi connectivity index (χ2n) is 3.68. The molecule has 3 N–H and O–H groups in total. The summed E-state index contributed by atoms with van der Waals surface area (Å²) < 4.78 is 0. The Bertz CT molecular complexity index is 207. The van der Waals surface area contributed by atoms with E-state index in [9.17, 15) is 4.79 Å². The van der Waals surface area contributed by atoms with E-state index in [4.69, 9.17) is 5.11 Å². The molecule has 4 nitrogen and oxygen atoms in total. The van der Waals surface area contributed by atoms with Crippen molar-refractivity contribution in [1.29, 1.82) is 0 Å². The summed E-state index contributed by atoms with van der Waals surface area (Å²) in [7, 11) is 0. The molecule has 0 aromatic carbocycles. The number of carboxylic acids is 1. The summed E-state index contributed by atoms with van der Waals surface area (Å²) in [5, 5.41) is 15.5. The first-order valence-corrected chi connectivity index (χ1v) is 4.43. The predicted octanol–water partition coefficient (Wildman–Crippen LogP) is -0.587. The summed E-state index contributed by atoms with van der Waals surface area (Å²) in [5.41, 5.74) is -0.516. The first-order chi connectivity index (χ1) is 5.76. The Morgan fingerprint density at radius 1 is 1.50 bits per heavy atom. The Balaban J connectivity index is 2.23. The van der Waals surface area contributed by atoms with Gasteiger partial charge in [0.15, 0.2) is 0 Å². The molecule has 2 aliphatic rings. The Labute approximate surface area is 71.3 Å². The van der Waals surface area contributed by atoms with Crippen molar-refractivity contribution >= 4 is 5.97 Å². The van der Waals surface area contributed by atoms with Crippen molar-refractivity contribution in [2.24, 2.45) is 5.41 Å². The van der Waals surface area contributed by atoms with E-state index in [1.807, 2.05) is 0 Å². The van der Waals surface area contributed by atoms with Crippen LogP contribution in [0.1, 0.15) is 12.8 Å². The zero-order chi connectivity index (χ0) is 8.60. The van der Waals surface area contributed by atoms with Crippen LogP contribution >= 0.6 is 0 Å². The summed E-state index contributed by atoms with van der Waals surface area (Å²) >= 11 is 0. The molecule has 0 saturated carbocycles. The van der Waals surface area contributed by atoms with Gasteiger partial charge in [-0.05, 0) is 25.9 Å². The first-order valence-electron chi connectivity index (χ1n) is 4.43. The van der Waals surface area contributed by atoms with Gasteiger partial charge in [0, 0.05) is 12.6 Å². The highest BCUT2D eigenvalue weighted by molar-refractivity contribution is 5.76. The minimum Gasteiger partial charge on any atom is -0.481 e. The number of piperidine rings is 1. The van der Waals surface area contributed by atoms with Crippen LogP contribution in [0.2, 0.25) is 0 Å². The van der Waals surface area contributed by atoms with Gasteiger partial charge in [-0.3, -0.25) is 4.79 Å². The minimum absolute atomic E-state index is 0.191. The van der Waals surface area contributed by atoms with E-state index < -0.39 is 11.4 Å². The molecule has 68 valence electrons. The highest BCUT2D eigenvalue weighted by atomic mass is 16.4. The lowest BCUT2D eigenvalue weighted by Gasteiger charge is -2.35. The number of nitrogens with one attached hydrogen (secondary N) is 2. The standard InChI is InChI=1S/C8H14N2O2/c11-7(12)8-2-4-10-6(8)1-3-9-5-8/h6,9-10H,1-5H2,(H,11,12). The number of carboxylic acid groups (broad SMARTS) is 1.